The average Bonchev–Trinajstić information content (AvgIpc) is 1.59. The highest BCUT2D eigenvalue weighted by Gasteiger charge is 2.40. The van der Waals surface area contributed by atoms with E-state index in [9.17, 15) is 0 Å². The molecule has 122 heavy (non-hydrogen) atoms. The fourth-order valence-electron chi connectivity index (χ4n) is 19.0. The molecule has 0 fully saturated rings. The molecular weight excluding hydrogens is 1550 g/mol. The van der Waals surface area contributed by atoms with Gasteiger partial charge in [-0.15, -0.1) is 0 Å². The van der Waals surface area contributed by atoms with E-state index in [1.54, 1.807) is 60.8 Å². The third-order valence-corrected chi connectivity index (χ3v) is 25.3. The van der Waals surface area contributed by atoms with E-state index in [4.69, 9.17) is 12.9 Å². The molecule has 0 saturated carbocycles. The van der Waals surface area contributed by atoms with Gasteiger partial charge in [0.15, 0.2) is 50.5 Å². The standard InChI is InChI=1S/C20H14N5.2C15H12N5.2C14H9N4O.C14H9N4S/c1-2-4-15(5-3-1)25-17-7-9-22-11-18(17)24-13-23-12-14-6-8-21-10-16(14)19(23)20(24)25;2*1-18-12-3-5-17-7-13(12)20-9-19-8-10-2-4-16-6-11(10)14(19)15(18)20;1-3-15-5-10-9(1)7-17-8-18-11-6-16-4-2-12(11)19-14(18)13(10)17;2*1-3-15-5-10-9(1)7-17-8-13-18(14(10)17)11-2-4-16-6-12(11)19-13/h1-11,13H,12H2;2*2-7,9H,8H2,1H3;3*1-6,8H,7H2/q6*+1/i;1D3;;;;. The number of para-hydroxylation sites is 1. The van der Waals surface area contributed by atoms with Gasteiger partial charge in [0, 0.05) is 193 Å². The van der Waals surface area contributed by atoms with Crippen molar-refractivity contribution in [2.45, 2.75) is 39.3 Å². The topological polar surface area (TPSA) is 245 Å². The summed E-state index contributed by atoms with van der Waals surface area (Å²) in [5.41, 5.74) is 35.9. The van der Waals surface area contributed by atoms with Gasteiger partial charge in [0.05, 0.1) is 80.1 Å². The molecule has 1 aromatic carbocycles. The lowest BCUT2D eigenvalue weighted by Crippen LogP contribution is -2.29. The molecule has 0 bridgehead atoms. The number of imidazole rings is 9. The molecule has 0 unspecified atom stereocenters. The number of oxazole rings is 2. The molecule has 29 nitrogen and oxygen atoms in total. The molecule has 0 spiro atoms. The van der Waals surface area contributed by atoms with Crippen LogP contribution in [0.3, 0.4) is 0 Å². The van der Waals surface area contributed by atoms with Gasteiger partial charge in [0.2, 0.25) is 27.6 Å². The number of benzene rings is 1. The summed E-state index contributed by atoms with van der Waals surface area (Å²) in [6, 6.07) is 34.7. The zero-order chi connectivity index (χ0) is 82.6. The van der Waals surface area contributed by atoms with Crippen LogP contribution in [0.25, 0.3) is 172 Å². The van der Waals surface area contributed by atoms with Crippen LogP contribution in [0.15, 0.2) is 298 Å². The van der Waals surface area contributed by atoms with Crippen molar-refractivity contribution in [3.8, 4) is 73.5 Å². The summed E-state index contributed by atoms with van der Waals surface area (Å²) in [6.07, 6.45) is 56.9. The number of aryl methyl sites for hydroxylation is 2. The van der Waals surface area contributed by atoms with Gasteiger partial charge in [-0.1, -0.05) is 29.5 Å². The van der Waals surface area contributed by atoms with E-state index in [0.29, 0.717) is 11.2 Å². The zero-order valence-electron chi connectivity index (χ0n) is 67.7. The van der Waals surface area contributed by atoms with Crippen LogP contribution in [0.2, 0.25) is 0 Å². The smallest absolute Gasteiger partial charge is 0.344 e. The highest BCUT2D eigenvalue weighted by molar-refractivity contribution is 7.23. The first kappa shape index (κ1) is 64.6. The van der Waals surface area contributed by atoms with Crippen molar-refractivity contribution in [3.63, 3.8) is 0 Å². The van der Waals surface area contributed by atoms with Crippen molar-refractivity contribution in [2.75, 3.05) is 0 Å². The number of rotatable bonds is 1. The summed E-state index contributed by atoms with van der Waals surface area (Å²) in [5.74, 6) is 2.36. The monoisotopic (exact) mass is 1610 g/mol. The van der Waals surface area contributed by atoms with Crippen LogP contribution in [0.1, 0.15) is 37.5 Å². The molecule has 30 heteroatoms. The Morgan fingerprint density at radius 2 is 0.738 bits per heavy atom. The predicted molar refractivity (Wildman–Crippen MR) is 451 cm³/mol. The molecule has 31 rings (SSSR count). The Balaban J connectivity index is 0.0000000802. The van der Waals surface area contributed by atoms with E-state index < -0.39 is 6.98 Å². The molecule has 24 aromatic heterocycles. The first-order valence-corrected chi connectivity index (χ1v) is 40.5. The summed E-state index contributed by atoms with van der Waals surface area (Å²) < 4.78 is 69.1. The minimum absolute atomic E-state index is 0.649. The van der Waals surface area contributed by atoms with E-state index in [1.165, 1.54) is 98.1 Å². The number of hydrogen-bond acceptors (Lipinski definition) is 15. The molecule has 0 aliphatic carbocycles. The Morgan fingerprint density at radius 3 is 1.32 bits per heavy atom. The molecule has 0 saturated heterocycles. The van der Waals surface area contributed by atoms with Gasteiger partial charge >= 0.3 is 11.4 Å². The van der Waals surface area contributed by atoms with E-state index in [0.717, 1.165) is 140 Å². The van der Waals surface area contributed by atoms with Crippen LogP contribution < -0.4 is 27.4 Å². The van der Waals surface area contributed by atoms with Crippen LogP contribution in [0, 0.1) is 0 Å². The van der Waals surface area contributed by atoms with Gasteiger partial charge in [0.1, 0.15) is 51.0 Å². The number of fused-ring (bicyclic) bond motifs is 42. The third kappa shape index (κ3) is 9.90. The third-order valence-electron chi connectivity index (χ3n) is 24.2. The number of aromatic nitrogens is 27. The van der Waals surface area contributed by atoms with E-state index in [-0.39, 0.29) is 0 Å². The fourth-order valence-corrected chi connectivity index (χ4v) is 20.0. The number of pyridine rings is 12. The molecular formula is C92H65N27O2S+6. The Kier molecular flexibility index (Phi) is 13.8. The summed E-state index contributed by atoms with van der Waals surface area (Å²) in [4.78, 5) is 52.0. The molecule has 580 valence electrons. The largest absolute Gasteiger partial charge is 0.415 e. The van der Waals surface area contributed by atoms with Crippen LogP contribution in [-0.2, 0) is 53.3 Å². The molecule has 0 radical (unpaired) electrons. The fraction of sp³-hybridized carbons (Fsp3) is 0.0870. The lowest BCUT2D eigenvalue weighted by atomic mass is 10.1. The molecule has 0 atom stereocenters. The summed E-state index contributed by atoms with van der Waals surface area (Å²) >= 11 is 1.78. The van der Waals surface area contributed by atoms with Crippen molar-refractivity contribution in [3.05, 3.63) is 323 Å². The van der Waals surface area contributed by atoms with Crippen LogP contribution in [0.5, 0.6) is 0 Å². The maximum Gasteiger partial charge on any atom is 0.344 e. The van der Waals surface area contributed by atoms with Crippen molar-refractivity contribution in [2.24, 2.45) is 14.0 Å². The second kappa shape index (κ2) is 26.0. The van der Waals surface area contributed by atoms with E-state index in [2.05, 4.69) is 219 Å². The van der Waals surface area contributed by atoms with Crippen molar-refractivity contribution in [1.82, 2.24) is 99.9 Å². The van der Waals surface area contributed by atoms with Crippen molar-refractivity contribution in [1.29, 1.82) is 0 Å². The normalized spacial score (nSPS) is 13.4. The first-order chi connectivity index (χ1) is 61.6. The second-order valence-corrected chi connectivity index (χ2v) is 31.9. The Labute approximate surface area is 696 Å². The Morgan fingerprint density at radius 1 is 0.328 bits per heavy atom. The second-order valence-electron chi connectivity index (χ2n) is 30.8. The number of hydrogen-bond donors (Lipinski definition) is 0. The lowest BCUT2D eigenvalue weighted by Gasteiger charge is -2.04. The Bertz CT molecular complexity index is 8660. The van der Waals surface area contributed by atoms with E-state index >= 15 is 0 Å². The van der Waals surface area contributed by atoms with E-state index in [1.807, 2.05) is 151 Å². The van der Waals surface area contributed by atoms with Gasteiger partial charge in [0.25, 0.3) is 53.9 Å². The predicted octanol–water partition coefficient (Wildman–Crippen LogP) is 11.9. The highest BCUT2D eigenvalue weighted by Crippen LogP contribution is 2.41. The van der Waals surface area contributed by atoms with Crippen molar-refractivity contribution < 1.29 is 40.3 Å². The quantitative estimate of drug-likeness (QED) is 0.139. The maximum absolute atomic E-state index is 7.98. The summed E-state index contributed by atoms with van der Waals surface area (Å²) in [5, 5.41) is 0. The number of nitrogens with zero attached hydrogens (tertiary/aromatic N) is 27. The van der Waals surface area contributed by atoms with Crippen LogP contribution >= 0.6 is 11.3 Å². The highest BCUT2D eigenvalue weighted by atomic mass is 32.1. The van der Waals surface area contributed by atoms with Gasteiger partial charge in [-0.25, -0.2) is 27.4 Å². The van der Waals surface area contributed by atoms with Crippen molar-refractivity contribution >= 4 is 110 Å². The van der Waals surface area contributed by atoms with Gasteiger partial charge in [-0.3, -0.25) is 64.4 Å². The molecule has 0 N–H and O–H groups in total. The molecule has 30 heterocycles. The SMILES string of the molecule is Cn1c2ccncc2n2c[n+]3c(c12)-c1cnccc1C3.[2H]C([2H])([2H])n1c2ccncc2n2c[n+]3c(c12)-c1cnccc1C3.c1cc2c(cn1)-c1c3oc4ccncc4n3c[n+]1C2.c1cc2c(cn1)-c1n3c(c[n+]1C2)oc1cnccc13.c1cc2c(cn1)-c1n3c(c[n+]1C2)sc1cnccc13.c1ccc(-n2c3ccncc3n3c[n+]4c(c23)-c2cnccc2C4)cc1. The lowest BCUT2D eigenvalue weighted by molar-refractivity contribution is -0.671. The summed E-state index contributed by atoms with van der Waals surface area (Å²) in [7, 11) is 2.10. The van der Waals surface area contributed by atoms with Gasteiger partial charge in [-0.05, 0) is 66.7 Å². The average molecular weight is 1620 g/mol. The molecule has 0 amide bonds. The molecule has 6 aliphatic rings. The van der Waals surface area contributed by atoms with Crippen LogP contribution in [0.4, 0.5) is 0 Å². The minimum atomic E-state index is -2.28. The maximum atomic E-state index is 7.98. The van der Waals surface area contributed by atoms with Crippen LogP contribution in [-0.4, -0.2) is 99.9 Å². The minimum Gasteiger partial charge on any atom is -0.415 e. The molecule has 25 aromatic rings. The first-order valence-electron chi connectivity index (χ1n) is 41.1. The van der Waals surface area contributed by atoms with Gasteiger partial charge < -0.3 is 18.0 Å². The zero-order valence-corrected chi connectivity index (χ0v) is 65.5. The summed E-state index contributed by atoms with van der Waals surface area (Å²) in [6.45, 7) is 2.92. The Hall–Kier alpha value is -16.5. The molecule has 6 aliphatic heterocycles. The van der Waals surface area contributed by atoms with Gasteiger partial charge in [-0.2, -0.15) is 26.4 Å². The number of thiazole rings is 1.